The van der Waals surface area contributed by atoms with Crippen molar-refractivity contribution in [2.24, 2.45) is 0 Å². The van der Waals surface area contributed by atoms with Gasteiger partial charge in [-0.25, -0.2) is 24.9 Å². The van der Waals surface area contributed by atoms with Crippen molar-refractivity contribution in [1.82, 2.24) is 39.9 Å². The molecule has 10 nitrogen and oxygen atoms in total. The zero-order chi connectivity index (χ0) is 26.3. The second kappa shape index (κ2) is 9.78. The van der Waals surface area contributed by atoms with Gasteiger partial charge in [0.05, 0.1) is 0 Å². The molecular weight excluding hydrogens is 489 g/mol. The molecule has 13 heteroatoms. The highest BCUT2D eigenvalue weighted by Crippen LogP contribution is 2.56. The number of hydrogen-bond acceptors (Lipinski definition) is 10. The molecule has 0 aliphatic carbocycles. The van der Waals surface area contributed by atoms with E-state index in [2.05, 4.69) is 19.9 Å². The van der Waals surface area contributed by atoms with Gasteiger partial charge in [0, 0.05) is 51.0 Å². The molecule has 37 heavy (non-hydrogen) atoms. The molecule has 2 N–H and O–H groups in total. The summed E-state index contributed by atoms with van der Waals surface area (Å²) in [5.74, 6) is -3.85. The van der Waals surface area contributed by atoms with Crippen LogP contribution in [0.25, 0.3) is 5.70 Å². The van der Waals surface area contributed by atoms with E-state index >= 15 is 13.2 Å². The van der Waals surface area contributed by atoms with E-state index in [4.69, 9.17) is 0 Å². The van der Waals surface area contributed by atoms with E-state index in [9.17, 15) is 10.3 Å². The monoisotopic (exact) mass is 520 g/mol. The van der Waals surface area contributed by atoms with Crippen molar-refractivity contribution in [2.75, 3.05) is 26.2 Å². The van der Waals surface area contributed by atoms with Gasteiger partial charge in [0.15, 0.2) is 23.2 Å². The van der Waals surface area contributed by atoms with E-state index in [1.165, 1.54) is 18.5 Å². The van der Waals surface area contributed by atoms with Crippen LogP contribution >= 0.6 is 0 Å². The van der Waals surface area contributed by atoms with Crippen LogP contribution in [0.4, 0.5) is 13.2 Å². The van der Waals surface area contributed by atoms with Crippen LogP contribution in [0.5, 0.6) is 0 Å². The summed E-state index contributed by atoms with van der Waals surface area (Å²) in [6.45, 7) is 3.51. The van der Waals surface area contributed by atoms with Gasteiger partial charge in [0.25, 0.3) is 5.54 Å². The number of likely N-dealkylation sites (tertiary alicyclic amines) is 1. The van der Waals surface area contributed by atoms with Gasteiger partial charge < -0.3 is 10.3 Å². The van der Waals surface area contributed by atoms with E-state index < -0.39 is 29.1 Å². The Balaban J connectivity index is 1.87. The van der Waals surface area contributed by atoms with Crippen LogP contribution in [0.15, 0.2) is 42.7 Å². The van der Waals surface area contributed by atoms with Crippen molar-refractivity contribution < 1.29 is 23.5 Å². The molecule has 2 unspecified atom stereocenters. The summed E-state index contributed by atoms with van der Waals surface area (Å²) >= 11 is 0. The Morgan fingerprint density at radius 1 is 0.811 bits per heavy atom. The zero-order valence-electron chi connectivity index (χ0n) is 20.6. The Morgan fingerprint density at radius 3 is 1.86 bits per heavy atom. The van der Waals surface area contributed by atoms with Crippen molar-refractivity contribution in [2.45, 2.75) is 63.0 Å². The first-order valence-corrected chi connectivity index (χ1v) is 12.6. The summed E-state index contributed by atoms with van der Waals surface area (Å²) in [5.41, 5.74) is -3.70. The third-order valence-electron chi connectivity index (χ3n) is 7.55. The van der Waals surface area contributed by atoms with Crippen molar-refractivity contribution in [1.29, 1.82) is 0 Å². The second-order valence-corrected chi connectivity index (χ2v) is 9.71. The number of aliphatic hydroxyl groups is 1. The minimum atomic E-state index is -5.22. The Hall–Kier alpha value is -2.87. The lowest BCUT2D eigenvalue weighted by Crippen LogP contribution is -2.79. The molecule has 2 saturated heterocycles. The molecule has 0 aromatic carbocycles. The summed E-state index contributed by atoms with van der Waals surface area (Å²) in [6.07, 6.45) is 4.96. The minimum Gasteiger partial charge on any atom is -0.507 e. The summed E-state index contributed by atoms with van der Waals surface area (Å²) in [5, 5.41) is 27.3. The molecule has 0 radical (unpaired) electrons. The van der Waals surface area contributed by atoms with Crippen LogP contribution in [0.2, 0.25) is 0 Å². The fraction of sp³-hybridized carbons (Fsp3) is 0.583. The Bertz CT molecular complexity index is 1110. The topological polar surface area (TPSA) is 105 Å². The largest absolute Gasteiger partial charge is 0.507 e. The number of piperidine rings is 2. The van der Waals surface area contributed by atoms with Gasteiger partial charge in [0.1, 0.15) is 5.70 Å². The molecule has 5 rings (SSSR count). The van der Waals surface area contributed by atoms with E-state index in [1.54, 1.807) is 18.0 Å². The third kappa shape index (κ3) is 3.95. The molecule has 0 bridgehead atoms. The van der Waals surface area contributed by atoms with Crippen LogP contribution in [0.1, 0.15) is 57.1 Å². The first-order chi connectivity index (χ1) is 17.7. The number of hydroxylamine groups is 2. The maximum absolute atomic E-state index is 15.4. The normalized spacial score (nSPS) is 29.1. The molecule has 5 heterocycles. The van der Waals surface area contributed by atoms with Gasteiger partial charge in [-0.3, -0.25) is 9.91 Å². The first kappa shape index (κ1) is 25.8. The summed E-state index contributed by atoms with van der Waals surface area (Å²) in [6, 6.07) is 2.93. The van der Waals surface area contributed by atoms with Gasteiger partial charge in [-0.15, -0.1) is 5.06 Å². The molecule has 2 aromatic heterocycles. The highest BCUT2D eigenvalue weighted by atomic mass is 19.4. The first-order valence-electron chi connectivity index (χ1n) is 12.6. The molecule has 2 aromatic rings. The molecule has 2 fully saturated rings. The standard InChI is InChI=1S/C24H31F3N8O2/c1-22(32-14-4-2-5-15-32)34(33-16-6-3-7-17-33)18(20-28-10-8-11-29-20)19(36)23(35(22)37,24(25,26)27)21-30-12-9-13-31-21/h8-13,36-37H,2-7,14-17H2,1H3. The highest BCUT2D eigenvalue weighted by molar-refractivity contribution is 5.65. The lowest BCUT2D eigenvalue weighted by molar-refractivity contribution is -0.405. The van der Waals surface area contributed by atoms with E-state index in [0.717, 1.165) is 50.9 Å². The molecule has 0 spiro atoms. The third-order valence-corrected chi connectivity index (χ3v) is 7.55. The fourth-order valence-corrected chi connectivity index (χ4v) is 5.75. The van der Waals surface area contributed by atoms with Crippen molar-refractivity contribution in [3.63, 3.8) is 0 Å². The van der Waals surface area contributed by atoms with Crippen molar-refractivity contribution in [3.05, 3.63) is 54.3 Å². The maximum Gasteiger partial charge on any atom is 0.423 e. The van der Waals surface area contributed by atoms with Crippen molar-refractivity contribution >= 4 is 5.70 Å². The average molecular weight is 521 g/mol. The average Bonchev–Trinajstić information content (AvgIpc) is 2.92. The predicted molar refractivity (Wildman–Crippen MR) is 126 cm³/mol. The smallest absolute Gasteiger partial charge is 0.423 e. The lowest BCUT2D eigenvalue weighted by atomic mass is 9.87. The number of aromatic nitrogens is 4. The number of hydrogen-bond donors (Lipinski definition) is 2. The van der Waals surface area contributed by atoms with Crippen molar-refractivity contribution in [3.8, 4) is 0 Å². The van der Waals surface area contributed by atoms with Crippen LogP contribution in [-0.2, 0) is 5.54 Å². The molecule has 0 saturated carbocycles. The fourth-order valence-electron chi connectivity index (χ4n) is 5.75. The van der Waals surface area contributed by atoms with E-state index in [0.29, 0.717) is 26.2 Å². The Kier molecular flexibility index (Phi) is 6.81. The minimum absolute atomic E-state index is 0.0912. The van der Waals surface area contributed by atoms with Crippen LogP contribution in [0.3, 0.4) is 0 Å². The molecule has 2 atom stereocenters. The van der Waals surface area contributed by atoms with Gasteiger partial charge in [0.2, 0.25) is 0 Å². The molecule has 3 aliphatic rings. The quantitative estimate of drug-likeness (QED) is 0.622. The number of halogens is 3. The molecule has 3 aliphatic heterocycles. The Labute approximate surface area is 213 Å². The summed E-state index contributed by atoms with van der Waals surface area (Å²) < 4.78 is 46.2. The lowest BCUT2D eigenvalue weighted by Gasteiger charge is -2.63. The SMILES string of the molecule is CC1(N2CCCCC2)N(N2CCCCC2)C(c2ncccn2)=C(O)C(c2ncccn2)(C(F)(F)F)N1O. The summed E-state index contributed by atoms with van der Waals surface area (Å²) in [7, 11) is 0. The highest BCUT2D eigenvalue weighted by Gasteiger charge is 2.74. The number of alkyl halides is 3. The number of nitrogens with zero attached hydrogens (tertiary/aromatic N) is 8. The van der Waals surface area contributed by atoms with E-state index in [-0.39, 0.29) is 16.6 Å². The zero-order valence-corrected chi connectivity index (χ0v) is 20.6. The number of aliphatic hydroxyl groups excluding tert-OH is 1. The second-order valence-electron chi connectivity index (χ2n) is 9.71. The van der Waals surface area contributed by atoms with Gasteiger partial charge >= 0.3 is 6.18 Å². The predicted octanol–water partition coefficient (Wildman–Crippen LogP) is 3.52. The van der Waals surface area contributed by atoms with Crippen LogP contribution < -0.4 is 0 Å². The van der Waals surface area contributed by atoms with Crippen LogP contribution in [0, 0.1) is 0 Å². The number of rotatable bonds is 4. The molecule has 0 amide bonds. The molecule has 200 valence electrons. The Morgan fingerprint density at radius 2 is 1.32 bits per heavy atom. The van der Waals surface area contributed by atoms with E-state index in [1.807, 2.05) is 9.91 Å². The maximum atomic E-state index is 15.4. The number of hydrazine groups is 1. The van der Waals surface area contributed by atoms with Crippen LogP contribution in [-0.4, -0.2) is 88.4 Å². The van der Waals surface area contributed by atoms with Gasteiger partial charge in [-0.2, -0.15) is 13.2 Å². The van der Waals surface area contributed by atoms with Gasteiger partial charge in [-0.05, 0) is 44.7 Å². The molecular formula is C24H31F3N8O2. The van der Waals surface area contributed by atoms with Gasteiger partial charge in [-0.1, -0.05) is 12.8 Å². The summed E-state index contributed by atoms with van der Waals surface area (Å²) in [4.78, 5) is 18.1.